The number of benzene rings is 3. The Labute approximate surface area is 269 Å². The fourth-order valence-corrected chi connectivity index (χ4v) is 11.0. The minimum Gasteiger partial charge on any atom is -0.439 e. The Balaban J connectivity index is 1.66. The van der Waals surface area contributed by atoms with E-state index < -0.39 is 50.6 Å². The van der Waals surface area contributed by atoms with Crippen LogP contribution in [0.5, 0.6) is 0 Å². The zero-order chi connectivity index (χ0) is 32.8. The van der Waals surface area contributed by atoms with Crippen molar-refractivity contribution < 1.29 is 28.6 Å². The molecule has 0 unspecified atom stereocenters. The first-order valence-corrected chi connectivity index (χ1v) is 17.5. The number of aliphatic hydroxyl groups is 1. The van der Waals surface area contributed by atoms with E-state index >= 15 is 0 Å². The zero-order valence-corrected chi connectivity index (χ0v) is 28.3. The van der Waals surface area contributed by atoms with Gasteiger partial charge in [-0.25, -0.2) is 9.69 Å². The number of imide groups is 1. The molecule has 6 atom stereocenters. The van der Waals surface area contributed by atoms with Gasteiger partial charge in [-0.2, -0.15) is 0 Å². The number of aliphatic hydroxyl groups excluding tert-OH is 1. The second-order valence-corrected chi connectivity index (χ2v) is 17.3. The maximum Gasteiger partial charge on any atom is 0.417 e. The lowest BCUT2D eigenvalue weighted by Gasteiger charge is -2.44. The molecule has 1 heterocycles. The molecule has 3 aromatic carbocycles. The molecule has 1 N–H and O–H groups in total. The predicted octanol–water partition coefficient (Wildman–Crippen LogP) is 5.88. The molecule has 0 spiro atoms. The van der Waals surface area contributed by atoms with Crippen LogP contribution in [0, 0.1) is 11.8 Å². The molecule has 1 aliphatic heterocycles. The van der Waals surface area contributed by atoms with Gasteiger partial charge in [-0.1, -0.05) is 125 Å². The largest absolute Gasteiger partial charge is 0.439 e. The monoisotopic (exact) mass is 629 g/mol. The van der Waals surface area contributed by atoms with Crippen LogP contribution in [0.4, 0.5) is 4.79 Å². The Morgan fingerprint density at radius 3 is 1.98 bits per heavy atom. The average molecular weight is 630 g/mol. The number of nitrogens with zero attached hydrogens (tertiary/aromatic N) is 1. The molecule has 1 aliphatic rings. The van der Waals surface area contributed by atoms with Crippen LogP contribution in [0.25, 0.3) is 0 Å². The first kappa shape index (κ1) is 34.3. The smallest absolute Gasteiger partial charge is 0.417 e. The Bertz CT molecular complexity index is 1370. The van der Waals surface area contributed by atoms with Crippen molar-refractivity contribution >= 4 is 30.7 Å². The number of methoxy groups -OCH3 is 1. The summed E-state index contributed by atoms with van der Waals surface area (Å²) < 4.78 is 18.6. The zero-order valence-electron chi connectivity index (χ0n) is 27.3. The quantitative estimate of drug-likeness (QED) is 0.188. The molecule has 45 heavy (non-hydrogen) atoms. The number of hydrogen-bond donors (Lipinski definition) is 1. The van der Waals surface area contributed by atoms with Gasteiger partial charge in [0, 0.05) is 7.11 Å². The van der Waals surface area contributed by atoms with Gasteiger partial charge in [0.15, 0.2) is 0 Å². The van der Waals surface area contributed by atoms with Gasteiger partial charge in [0.1, 0.15) is 12.2 Å². The van der Waals surface area contributed by atoms with Crippen LogP contribution in [-0.2, 0) is 18.7 Å². The van der Waals surface area contributed by atoms with E-state index in [9.17, 15) is 14.7 Å². The number of rotatable bonds is 13. The van der Waals surface area contributed by atoms with E-state index in [1.807, 2.05) is 73.7 Å². The van der Waals surface area contributed by atoms with Crippen molar-refractivity contribution in [1.29, 1.82) is 0 Å². The third-order valence-electron chi connectivity index (χ3n) is 8.96. The summed E-state index contributed by atoms with van der Waals surface area (Å²) in [5, 5.41) is 13.8. The summed E-state index contributed by atoms with van der Waals surface area (Å²) in [5.74, 6) is -1.57. The van der Waals surface area contributed by atoms with Crippen LogP contribution in [0.1, 0.15) is 52.7 Å². The predicted molar refractivity (Wildman–Crippen MR) is 180 cm³/mol. The van der Waals surface area contributed by atoms with E-state index in [2.05, 4.69) is 51.6 Å². The van der Waals surface area contributed by atoms with Gasteiger partial charge >= 0.3 is 6.09 Å². The number of cyclic esters (lactones) is 1. The minimum absolute atomic E-state index is 0.0455. The second-order valence-electron chi connectivity index (χ2n) is 13.0. The summed E-state index contributed by atoms with van der Waals surface area (Å²) in [7, 11) is -1.43. The topological polar surface area (TPSA) is 85.3 Å². The molecule has 1 saturated heterocycles. The van der Waals surface area contributed by atoms with Crippen LogP contribution in [-0.4, -0.2) is 62.3 Å². The second kappa shape index (κ2) is 14.7. The molecule has 8 heteroatoms. The highest BCUT2D eigenvalue weighted by atomic mass is 28.4. The highest BCUT2D eigenvalue weighted by Crippen LogP contribution is 2.38. The Morgan fingerprint density at radius 1 is 1.00 bits per heavy atom. The van der Waals surface area contributed by atoms with Crippen LogP contribution in [0.2, 0.25) is 5.04 Å². The molecule has 0 saturated carbocycles. The van der Waals surface area contributed by atoms with Crippen LogP contribution in [0.15, 0.2) is 104 Å². The van der Waals surface area contributed by atoms with Gasteiger partial charge in [0.2, 0.25) is 5.91 Å². The summed E-state index contributed by atoms with van der Waals surface area (Å²) in [6.07, 6.45) is -1.42. The number of ether oxygens (including phenoxy) is 2. The SMILES string of the molecule is C=C[C@@H](C)C[C@@H](C(=O)N1C(=O)O[C@@H](c2ccccc2)[C@H]1C)[C@@H](O)[C@@H](CO[Si](c1ccccc1)(c1ccccc1)C(C)(C)C)OC. The van der Waals surface area contributed by atoms with Crippen molar-refractivity contribution in [3.05, 3.63) is 109 Å². The molecule has 1 fully saturated rings. The van der Waals surface area contributed by atoms with E-state index in [-0.39, 0.29) is 24.0 Å². The number of allylic oxidation sites excluding steroid dienone is 1. The molecule has 0 radical (unpaired) electrons. The summed E-state index contributed by atoms with van der Waals surface area (Å²) >= 11 is 0. The van der Waals surface area contributed by atoms with Crippen LogP contribution < -0.4 is 10.4 Å². The van der Waals surface area contributed by atoms with Crippen molar-refractivity contribution in [2.75, 3.05) is 13.7 Å². The Morgan fingerprint density at radius 2 is 1.51 bits per heavy atom. The lowest BCUT2D eigenvalue weighted by molar-refractivity contribution is -0.143. The van der Waals surface area contributed by atoms with E-state index in [1.165, 1.54) is 7.11 Å². The van der Waals surface area contributed by atoms with E-state index in [0.29, 0.717) is 0 Å². The van der Waals surface area contributed by atoms with Gasteiger partial charge in [-0.3, -0.25) is 4.79 Å². The maximum atomic E-state index is 14.2. The van der Waals surface area contributed by atoms with E-state index in [1.54, 1.807) is 13.0 Å². The molecule has 4 rings (SSSR count). The summed E-state index contributed by atoms with van der Waals surface area (Å²) in [5.41, 5.74) is 0.804. The first-order valence-electron chi connectivity index (χ1n) is 15.6. The fraction of sp³-hybridized carbons (Fsp3) is 0.405. The minimum atomic E-state index is -2.95. The average Bonchev–Trinajstić information content (AvgIpc) is 3.35. The van der Waals surface area contributed by atoms with Crippen molar-refractivity contribution in [2.24, 2.45) is 11.8 Å². The highest BCUT2D eigenvalue weighted by molar-refractivity contribution is 6.99. The van der Waals surface area contributed by atoms with Crippen molar-refractivity contribution in [1.82, 2.24) is 4.90 Å². The molecular weight excluding hydrogens is 582 g/mol. The van der Waals surface area contributed by atoms with Crippen molar-refractivity contribution in [3.63, 3.8) is 0 Å². The van der Waals surface area contributed by atoms with Crippen molar-refractivity contribution in [2.45, 2.75) is 70.4 Å². The van der Waals surface area contributed by atoms with Gasteiger partial charge in [-0.15, -0.1) is 6.58 Å². The fourth-order valence-electron chi connectivity index (χ4n) is 6.44. The molecule has 0 aromatic heterocycles. The summed E-state index contributed by atoms with van der Waals surface area (Å²) in [4.78, 5) is 28.5. The lowest BCUT2D eigenvalue weighted by Crippen LogP contribution is -2.67. The first-order chi connectivity index (χ1) is 21.5. The number of carbonyl (C=O) groups excluding carboxylic acids is 2. The Kier molecular flexibility index (Phi) is 11.2. The third-order valence-corrected chi connectivity index (χ3v) is 14.0. The van der Waals surface area contributed by atoms with E-state index in [4.69, 9.17) is 13.9 Å². The molecule has 0 bridgehead atoms. The van der Waals surface area contributed by atoms with Gasteiger partial charge in [-0.05, 0) is 40.2 Å². The van der Waals surface area contributed by atoms with Crippen LogP contribution in [0.3, 0.4) is 0 Å². The third kappa shape index (κ3) is 7.15. The molecule has 7 nitrogen and oxygen atoms in total. The summed E-state index contributed by atoms with van der Waals surface area (Å²) in [6.45, 7) is 14.2. The van der Waals surface area contributed by atoms with Crippen LogP contribution >= 0.6 is 0 Å². The highest BCUT2D eigenvalue weighted by Gasteiger charge is 2.52. The number of carbonyl (C=O) groups is 2. The summed E-state index contributed by atoms with van der Waals surface area (Å²) in [6, 6.07) is 29.3. The normalized spacial score (nSPS) is 19.8. The van der Waals surface area contributed by atoms with Gasteiger partial charge < -0.3 is 19.0 Å². The molecule has 240 valence electrons. The van der Waals surface area contributed by atoms with E-state index in [0.717, 1.165) is 20.8 Å². The molecule has 3 aromatic rings. The van der Waals surface area contributed by atoms with Gasteiger partial charge in [0.05, 0.1) is 24.7 Å². The number of hydrogen-bond acceptors (Lipinski definition) is 6. The number of amides is 2. The maximum absolute atomic E-state index is 14.2. The van der Waals surface area contributed by atoms with Crippen molar-refractivity contribution in [3.8, 4) is 0 Å². The Hall–Kier alpha value is -3.56. The molecular formula is C37H47NO6Si. The lowest BCUT2D eigenvalue weighted by atomic mass is 9.87. The van der Waals surface area contributed by atoms with Gasteiger partial charge in [0.25, 0.3) is 8.32 Å². The standard InChI is InChI=1S/C37H47NO6Si/c1-8-26(2)24-31(35(40)38-27(3)34(44-36(38)41)28-18-12-9-13-19-28)33(39)32(42-7)25-43-45(37(4,5)6,29-20-14-10-15-21-29)30-22-16-11-17-23-30/h8-23,26-27,31-34,39H,1,24-25H2,2-7H3/t26-,27-,31-,32-,33-,34-/m1/s1. The molecule has 2 amide bonds. The molecule has 0 aliphatic carbocycles.